The van der Waals surface area contributed by atoms with Gasteiger partial charge in [-0.25, -0.2) is 4.79 Å². The van der Waals surface area contributed by atoms with Crippen LogP contribution < -0.4 is 5.32 Å². The highest BCUT2D eigenvalue weighted by Crippen LogP contribution is 2.06. The van der Waals surface area contributed by atoms with Crippen molar-refractivity contribution < 1.29 is 9.53 Å². The van der Waals surface area contributed by atoms with Gasteiger partial charge < -0.3 is 10.1 Å². The van der Waals surface area contributed by atoms with Gasteiger partial charge in [0.15, 0.2) is 0 Å². The van der Waals surface area contributed by atoms with Gasteiger partial charge in [0.05, 0.1) is 12.7 Å². The van der Waals surface area contributed by atoms with Crippen LogP contribution in [0.5, 0.6) is 0 Å². The lowest BCUT2D eigenvalue weighted by Crippen LogP contribution is -2.32. The fourth-order valence-electron chi connectivity index (χ4n) is 0.883. The Morgan fingerprint density at radius 1 is 1.27 bits per heavy atom. The number of ether oxygens (including phenoxy) is 1. The lowest BCUT2D eigenvalue weighted by Gasteiger charge is -2.19. The normalized spacial score (nSPS) is 12.0. The van der Waals surface area contributed by atoms with Crippen molar-refractivity contribution in [3.63, 3.8) is 0 Å². The Labute approximate surface area is 92.2 Å². The lowest BCUT2D eigenvalue weighted by molar-refractivity contribution is -0.135. The van der Waals surface area contributed by atoms with Crippen LogP contribution in [-0.2, 0) is 9.53 Å². The Morgan fingerprint density at radius 3 is 2.13 bits per heavy atom. The molecular formula is C12H21NO2. The van der Waals surface area contributed by atoms with Crippen molar-refractivity contribution in [2.75, 3.05) is 7.11 Å². The summed E-state index contributed by atoms with van der Waals surface area (Å²) < 4.78 is 4.69. The van der Waals surface area contributed by atoms with Crippen molar-refractivity contribution in [3.8, 4) is 0 Å². The third-order valence-electron chi connectivity index (χ3n) is 1.53. The van der Waals surface area contributed by atoms with Gasteiger partial charge in [-0.2, -0.15) is 0 Å². The molecule has 0 aromatic rings. The Hall–Kier alpha value is -1.25. The second-order valence-corrected chi connectivity index (χ2v) is 4.71. The molecule has 0 fully saturated rings. The second kappa shape index (κ2) is 5.59. The summed E-state index contributed by atoms with van der Waals surface area (Å²) in [5.41, 5.74) is 1.53. The molecule has 0 atom stereocenters. The molecule has 0 aliphatic rings. The zero-order chi connectivity index (χ0) is 12.1. The summed E-state index contributed by atoms with van der Waals surface area (Å²) in [6.07, 6.45) is 3.49. The fraction of sp³-hybridized carbons (Fsp3) is 0.583. The minimum atomic E-state index is -0.326. The maximum absolute atomic E-state index is 11.4. The van der Waals surface area contributed by atoms with Crippen LogP contribution in [0.25, 0.3) is 0 Å². The molecule has 3 nitrogen and oxygen atoms in total. The molecule has 0 unspecified atom stereocenters. The van der Waals surface area contributed by atoms with Crippen molar-refractivity contribution in [2.45, 2.75) is 40.2 Å². The van der Waals surface area contributed by atoms with E-state index in [1.165, 1.54) is 7.11 Å². The standard InChI is InChI=1S/C12H21NO2/c1-9(2)7-10(11(14)15-6)8-13-12(3,4)5/h7-8,13H,1-6H3/b10-8-. The first-order valence-corrected chi connectivity index (χ1v) is 4.97. The third-order valence-corrected chi connectivity index (χ3v) is 1.53. The highest BCUT2D eigenvalue weighted by molar-refractivity contribution is 5.91. The molecule has 0 amide bonds. The molecule has 15 heavy (non-hydrogen) atoms. The van der Waals surface area contributed by atoms with Gasteiger partial charge in [0.2, 0.25) is 0 Å². The predicted molar refractivity (Wildman–Crippen MR) is 62.4 cm³/mol. The first-order valence-electron chi connectivity index (χ1n) is 4.97. The maximum atomic E-state index is 11.4. The first kappa shape index (κ1) is 13.8. The minimum Gasteiger partial charge on any atom is -0.465 e. The number of carbonyl (C=O) groups is 1. The van der Waals surface area contributed by atoms with Gasteiger partial charge in [0, 0.05) is 11.7 Å². The number of nitrogens with one attached hydrogen (secondary N) is 1. The molecule has 0 bridgehead atoms. The van der Waals surface area contributed by atoms with E-state index in [1.807, 2.05) is 34.6 Å². The number of allylic oxidation sites excluding steroid dienone is 1. The summed E-state index contributed by atoms with van der Waals surface area (Å²) in [5.74, 6) is -0.326. The zero-order valence-electron chi connectivity index (χ0n) is 10.5. The Balaban J connectivity index is 4.79. The van der Waals surface area contributed by atoms with E-state index in [0.717, 1.165) is 5.57 Å². The van der Waals surface area contributed by atoms with Gasteiger partial charge in [0.25, 0.3) is 0 Å². The van der Waals surface area contributed by atoms with Gasteiger partial charge in [-0.3, -0.25) is 0 Å². The van der Waals surface area contributed by atoms with E-state index < -0.39 is 0 Å². The highest BCUT2D eigenvalue weighted by atomic mass is 16.5. The summed E-state index contributed by atoms with van der Waals surface area (Å²) in [7, 11) is 1.38. The molecule has 0 spiro atoms. The maximum Gasteiger partial charge on any atom is 0.339 e. The number of esters is 1. The average molecular weight is 211 g/mol. The van der Waals surface area contributed by atoms with Gasteiger partial charge in [-0.15, -0.1) is 0 Å². The molecule has 0 radical (unpaired) electrons. The summed E-state index contributed by atoms with van der Waals surface area (Å²) in [6, 6.07) is 0. The van der Waals surface area contributed by atoms with Crippen molar-refractivity contribution in [2.24, 2.45) is 0 Å². The zero-order valence-corrected chi connectivity index (χ0v) is 10.5. The van der Waals surface area contributed by atoms with Crippen LogP contribution in [0.4, 0.5) is 0 Å². The van der Waals surface area contributed by atoms with Crippen LogP contribution in [0.15, 0.2) is 23.4 Å². The monoisotopic (exact) mass is 211 g/mol. The molecule has 0 aromatic heterocycles. The first-order chi connectivity index (χ1) is 6.76. The summed E-state index contributed by atoms with van der Waals surface area (Å²) in [4.78, 5) is 11.4. The molecule has 0 aliphatic carbocycles. The van der Waals surface area contributed by atoms with Gasteiger partial charge in [-0.1, -0.05) is 5.57 Å². The van der Waals surface area contributed by atoms with Crippen molar-refractivity contribution in [1.29, 1.82) is 0 Å². The second-order valence-electron chi connectivity index (χ2n) is 4.71. The molecule has 0 aliphatic heterocycles. The Bertz CT molecular complexity index is 278. The highest BCUT2D eigenvalue weighted by Gasteiger charge is 2.10. The van der Waals surface area contributed by atoms with E-state index in [2.05, 4.69) is 10.1 Å². The Morgan fingerprint density at radius 2 is 1.80 bits per heavy atom. The van der Waals surface area contributed by atoms with Gasteiger partial charge in [-0.05, 0) is 40.7 Å². The van der Waals surface area contributed by atoms with E-state index in [0.29, 0.717) is 5.57 Å². The largest absolute Gasteiger partial charge is 0.465 e. The molecule has 1 N–H and O–H groups in total. The molecule has 3 heteroatoms. The number of carbonyl (C=O) groups excluding carboxylic acids is 1. The van der Waals surface area contributed by atoms with E-state index in [9.17, 15) is 4.79 Å². The van der Waals surface area contributed by atoms with Crippen LogP contribution in [0.1, 0.15) is 34.6 Å². The molecule has 0 saturated heterocycles. The fourth-order valence-corrected chi connectivity index (χ4v) is 0.883. The van der Waals surface area contributed by atoms with Gasteiger partial charge in [0.1, 0.15) is 0 Å². The summed E-state index contributed by atoms with van der Waals surface area (Å²) >= 11 is 0. The van der Waals surface area contributed by atoms with Crippen molar-refractivity contribution in [1.82, 2.24) is 5.32 Å². The number of methoxy groups -OCH3 is 1. The molecular weight excluding hydrogens is 190 g/mol. The third kappa shape index (κ3) is 6.77. The van der Waals surface area contributed by atoms with Crippen molar-refractivity contribution in [3.05, 3.63) is 23.4 Å². The van der Waals surface area contributed by atoms with Crippen LogP contribution >= 0.6 is 0 Å². The van der Waals surface area contributed by atoms with E-state index in [-0.39, 0.29) is 11.5 Å². The summed E-state index contributed by atoms with van der Waals surface area (Å²) in [6.45, 7) is 9.96. The molecule has 0 aromatic carbocycles. The topological polar surface area (TPSA) is 38.3 Å². The molecule has 0 heterocycles. The molecule has 0 rings (SSSR count). The molecule has 86 valence electrons. The minimum absolute atomic E-state index is 0.0608. The number of hydrogen-bond acceptors (Lipinski definition) is 3. The van der Waals surface area contributed by atoms with Crippen LogP contribution in [0, 0.1) is 0 Å². The molecule has 0 saturated carbocycles. The number of rotatable bonds is 3. The van der Waals surface area contributed by atoms with E-state index in [1.54, 1.807) is 12.3 Å². The SMILES string of the molecule is COC(=O)/C(C=C(C)C)=C\NC(C)(C)C. The van der Waals surface area contributed by atoms with Crippen molar-refractivity contribution >= 4 is 5.97 Å². The predicted octanol–water partition coefficient (Wildman–Crippen LogP) is 2.40. The number of hydrogen-bond donors (Lipinski definition) is 1. The smallest absolute Gasteiger partial charge is 0.339 e. The average Bonchev–Trinajstić information content (AvgIpc) is 2.09. The van der Waals surface area contributed by atoms with Crippen LogP contribution in [-0.4, -0.2) is 18.6 Å². The van der Waals surface area contributed by atoms with Gasteiger partial charge >= 0.3 is 5.97 Å². The van der Waals surface area contributed by atoms with E-state index >= 15 is 0 Å². The van der Waals surface area contributed by atoms with Crippen LogP contribution in [0.3, 0.4) is 0 Å². The van der Waals surface area contributed by atoms with E-state index in [4.69, 9.17) is 0 Å². The lowest BCUT2D eigenvalue weighted by atomic mass is 10.1. The van der Waals surface area contributed by atoms with Crippen LogP contribution in [0.2, 0.25) is 0 Å². The summed E-state index contributed by atoms with van der Waals surface area (Å²) in [5, 5.41) is 3.14. The Kier molecular flexibility index (Phi) is 5.12. The quantitative estimate of drug-likeness (QED) is 0.442.